The number of benzene rings is 1. The van der Waals surface area contributed by atoms with Crippen LogP contribution in [-0.4, -0.2) is 52.5 Å². The molecule has 2 aromatic rings. The molecule has 3 rings (SSSR count). The Bertz CT molecular complexity index is 746. The lowest BCUT2D eigenvalue weighted by Gasteiger charge is -2.37. The number of carbonyl (C=O) groups is 1. The Kier molecular flexibility index (Phi) is 4.87. The Morgan fingerprint density at radius 3 is 2.88 bits per heavy atom. The van der Waals surface area contributed by atoms with E-state index in [4.69, 9.17) is 16.1 Å². The maximum Gasteiger partial charge on any atom is 0.245 e. The predicted octanol–water partition coefficient (Wildman–Crippen LogP) is 2.40. The third kappa shape index (κ3) is 3.44. The van der Waals surface area contributed by atoms with E-state index in [0.29, 0.717) is 36.2 Å². The highest BCUT2D eigenvalue weighted by Gasteiger charge is 2.32. The van der Waals surface area contributed by atoms with Crippen LogP contribution in [0.3, 0.4) is 0 Å². The Morgan fingerprint density at radius 2 is 2.17 bits per heavy atom. The van der Waals surface area contributed by atoms with E-state index in [-0.39, 0.29) is 11.9 Å². The van der Waals surface area contributed by atoms with Gasteiger partial charge in [0.1, 0.15) is 6.04 Å². The molecule has 7 heteroatoms. The molecule has 6 nitrogen and oxygen atoms in total. The summed E-state index contributed by atoms with van der Waals surface area (Å²) in [6.45, 7) is 5.72. The van der Waals surface area contributed by atoms with Crippen LogP contribution in [0.15, 0.2) is 22.7 Å². The topological polar surface area (TPSA) is 62.5 Å². The van der Waals surface area contributed by atoms with Crippen molar-refractivity contribution in [3.05, 3.63) is 46.1 Å². The number of nitrogens with zero attached hydrogens (tertiary/aromatic N) is 4. The molecule has 1 aromatic heterocycles. The van der Waals surface area contributed by atoms with Gasteiger partial charge in [-0.2, -0.15) is 4.98 Å². The zero-order chi connectivity index (χ0) is 17.3. The molecule has 1 aliphatic heterocycles. The predicted molar refractivity (Wildman–Crippen MR) is 90.9 cm³/mol. The van der Waals surface area contributed by atoms with Gasteiger partial charge in [0.25, 0.3) is 0 Å². The van der Waals surface area contributed by atoms with Crippen LogP contribution in [0.25, 0.3) is 0 Å². The van der Waals surface area contributed by atoms with Crippen LogP contribution in [0, 0.1) is 13.8 Å². The molecule has 1 aliphatic rings. The van der Waals surface area contributed by atoms with Gasteiger partial charge in [-0.25, -0.2) is 0 Å². The fraction of sp³-hybridized carbons (Fsp3) is 0.471. The molecule has 0 N–H and O–H groups in total. The molecule has 128 valence electrons. The summed E-state index contributed by atoms with van der Waals surface area (Å²) in [5.74, 6) is 1.23. The van der Waals surface area contributed by atoms with Gasteiger partial charge in [-0.15, -0.1) is 0 Å². The number of hydrogen-bond acceptors (Lipinski definition) is 5. The average molecular weight is 349 g/mol. The van der Waals surface area contributed by atoms with Gasteiger partial charge in [0.2, 0.25) is 11.8 Å². The van der Waals surface area contributed by atoms with E-state index in [1.807, 2.05) is 37.1 Å². The van der Waals surface area contributed by atoms with Gasteiger partial charge >= 0.3 is 0 Å². The van der Waals surface area contributed by atoms with Crippen LogP contribution < -0.4 is 0 Å². The van der Waals surface area contributed by atoms with Gasteiger partial charge in [-0.1, -0.05) is 35.0 Å². The lowest BCUT2D eigenvalue weighted by Crippen LogP contribution is -2.49. The summed E-state index contributed by atoms with van der Waals surface area (Å²) < 4.78 is 5.29. The van der Waals surface area contributed by atoms with Crippen LogP contribution in [0.2, 0.25) is 5.02 Å². The van der Waals surface area contributed by atoms with E-state index in [9.17, 15) is 4.79 Å². The molecule has 24 heavy (non-hydrogen) atoms. The number of rotatable bonds is 3. The summed E-state index contributed by atoms with van der Waals surface area (Å²) in [7, 11) is 2.00. The SMILES string of the molecule is Cc1noc([C@H]2CN(C(=O)Cc3cccc(C)c3Cl)CCN2C)n1. The van der Waals surface area contributed by atoms with Crippen molar-refractivity contribution in [2.45, 2.75) is 26.3 Å². The first-order valence-electron chi connectivity index (χ1n) is 7.98. The monoisotopic (exact) mass is 348 g/mol. The van der Waals surface area contributed by atoms with E-state index < -0.39 is 0 Å². The van der Waals surface area contributed by atoms with Crippen molar-refractivity contribution in [1.29, 1.82) is 0 Å². The molecular weight excluding hydrogens is 328 g/mol. The van der Waals surface area contributed by atoms with Crippen molar-refractivity contribution in [1.82, 2.24) is 19.9 Å². The zero-order valence-corrected chi connectivity index (χ0v) is 14.9. The molecule has 1 aromatic carbocycles. The summed E-state index contributed by atoms with van der Waals surface area (Å²) in [6, 6.07) is 5.71. The number of piperazine rings is 1. The number of halogens is 1. The smallest absolute Gasteiger partial charge is 0.245 e. The largest absolute Gasteiger partial charge is 0.339 e. The zero-order valence-electron chi connectivity index (χ0n) is 14.1. The van der Waals surface area contributed by atoms with Crippen LogP contribution in [0.4, 0.5) is 0 Å². The molecule has 0 spiro atoms. The minimum atomic E-state index is -0.0723. The minimum Gasteiger partial charge on any atom is -0.339 e. The standard InChI is InChI=1S/C17H21ClN4O2/c1-11-5-4-6-13(16(11)18)9-15(23)22-8-7-21(3)14(10-22)17-19-12(2)20-24-17/h4-6,14H,7-10H2,1-3H3/t14-/m1/s1. The first kappa shape index (κ1) is 16.9. The quantitative estimate of drug-likeness (QED) is 0.852. The molecule has 0 saturated carbocycles. The van der Waals surface area contributed by atoms with Crippen LogP contribution in [-0.2, 0) is 11.2 Å². The fourth-order valence-electron chi connectivity index (χ4n) is 2.93. The first-order valence-corrected chi connectivity index (χ1v) is 8.35. The summed E-state index contributed by atoms with van der Waals surface area (Å²) in [5.41, 5.74) is 1.85. The average Bonchev–Trinajstić information content (AvgIpc) is 2.98. The molecule has 0 radical (unpaired) electrons. The Morgan fingerprint density at radius 1 is 1.38 bits per heavy atom. The Balaban J connectivity index is 1.72. The number of aromatic nitrogens is 2. The highest BCUT2D eigenvalue weighted by molar-refractivity contribution is 6.32. The second kappa shape index (κ2) is 6.91. The van der Waals surface area contributed by atoms with Crippen molar-refractivity contribution in [2.24, 2.45) is 0 Å². The van der Waals surface area contributed by atoms with Gasteiger partial charge in [-0.05, 0) is 32.0 Å². The summed E-state index contributed by atoms with van der Waals surface area (Å²) >= 11 is 6.31. The number of carbonyl (C=O) groups excluding carboxylic acids is 1. The Labute approximate surface area is 146 Å². The van der Waals surface area contributed by atoms with E-state index >= 15 is 0 Å². The van der Waals surface area contributed by atoms with Crippen LogP contribution >= 0.6 is 11.6 Å². The molecule has 0 bridgehead atoms. The lowest BCUT2D eigenvalue weighted by atomic mass is 10.1. The van der Waals surface area contributed by atoms with Gasteiger partial charge < -0.3 is 9.42 Å². The normalized spacial score (nSPS) is 18.8. The van der Waals surface area contributed by atoms with Crippen molar-refractivity contribution in [3.63, 3.8) is 0 Å². The van der Waals surface area contributed by atoms with Gasteiger partial charge in [0.05, 0.1) is 6.42 Å². The number of aryl methyl sites for hydroxylation is 2. The van der Waals surface area contributed by atoms with E-state index in [1.165, 1.54) is 0 Å². The molecule has 0 unspecified atom stereocenters. The van der Waals surface area contributed by atoms with Gasteiger partial charge in [0, 0.05) is 24.7 Å². The minimum absolute atomic E-state index is 0.0665. The molecule has 1 saturated heterocycles. The second-order valence-corrected chi connectivity index (χ2v) is 6.62. The summed E-state index contributed by atoms with van der Waals surface area (Å²) in [5, 5.41) is 4.52. The molecule has 2 heterocycles. The van der Waals surface area contributed by atoms with Crippen LogP contribution in [0.1, 0.15) is 28.9 Å². The van der Waals surface area contributed by atoms with E-state index in [1.54, 1.807) is 6.92 Å². The summed E-state index contributed by atoms with van der Waals surface area (Å²) in [4.78, 5) is 21.0. The number of hydrogen-bond donors (Lipinski definition) is 0. The molecule has 1 atom stereocenters. The molecule has 0 aliphatic carbocycles. The first-order chi connectivity index (χ1) is 11.5. The maximum atomic E-state index is 12.7. The number of likely N-dealkylation sites (N-methyl/N-ethyl adjacent to an activating group) is 1. The van der Waals surface area contributed by atoms with Gasteiger partial charge in [0.15, 0.2) is 5.82 Å². The third-order valence-corrected chi connectivity index (χ3v) is 4.98. The van der Waals surface area contributed by atoms with Crippen molar-refractivity contribution in [2.75, 3.05) is 26.7 Å². The van der Waals surface area contributed by atoms with Crippen molar-refractivity contribution < 1.29 is 9.32 Å². The highest BCUT2D eigenvalue weighted by atomic mass is 35.5. The highest BCUT2D eigenvalue weighted by Crippen LogP contribution is 2.25. The van der Waals surface area contributed by atoms with Crippen molar-refractivity contribution in [3.8, 4) is 0 Å². The fourth-order valence-corrected chi connectivity index (χ4v) is 3.13. The molecular formula is C17H21ClN4O2. The van der Waals surface area contributed by atoms with Crippen molar-refractivity contribution >= 4 is 17.5 Å². The van der Waals surface area contributed by atoms with Crippen LogP contribution in [0.5, 0.6) is 0 Å². The lowest BCUT2D eigenvalue weighted by molar-refractivity contribution is -0.133. The Hall–Kier alpha value is -1.92. The molecule has 1 fully saturated rings. The van der Waals surface area contributed by atoms with Gasteiger partial charge in [-0.3, -0.25) is 9.69 Å². The molecule has 1 amide bonds. The summed E-state index contributed by atoms with van der Waals surface area (Å²) in [6.07, 6.45) is 0.305. The second-order valence-electron chi connectivity index (χ2n) is 6.24. The third-order valence-electron chi connectivity index (χ3n) is 4.44. The number of amides is 1. The maximum absolute atomic E-state index is 12.7. The van der Waals surface area contributed by atoms with E-state index in [0.717, 1.165) is 17.7 Å². The van der Waals surface area contributed by atoms with E-state index in [2.05, 4.69) is 15.0 Å².